The first-order chi connectivity index (χ1) is 16.5. The molecular weight excluding hydrogens is 495 g/mol. The van der Waals surface area contributed by atoms with Gasteiger partial charge in [0, 0.05) is 0 Å². The van der Waals surface area contributed by atoms with Crippen molar-refractivity contribution < 1.29 is 31.9 Å². The van der Waals surface area contributed by atoms with Crippen LogP contribution in [0.5, 0.6) is 0 Å². The quantitative estimate of drug-likeness (QED) is 0.459. The number of alkyl halides is 4. The van der Waals surface area contributed by atoms with Crippen LogP contribution in [-0.2, 0) is 6.18 Å². The number of hydrogen-bond donors (Lipinski definition) is 2. The largest absolute Gasteiger partial charge is 0.416 e. The van der Waals surface area contributed by atoms with E-state index in [1.807, 2.05) is 0 Å². The van der Waals surface area contributed by atoms with Gasteiger partial charge in [-0.2, -0.15) is 28.2 Å². The maximum atomic E-state index is 14.2. The first kappa shape index (κ1) is 25.1. The van der Waals surface area contributed by atoms with Crippen LogP contribution in [0.4, 0.5) is 22.0 Å². The van der Waals surface area contributed by atoms with Gasteiger partial charge in [-0.15, -0.1) is 0 Å². The van der Waals surface area contributed by atoms with Crippen molar-refractivity contribution in [2.45, 2.75) is 49.7 Å². The summed E-state index contributed by atoms with van der Waals surface area (Å²) in [7, 11) is 0. The zero-order valence-corrected chi connectivity index (χ0v) is 18.8. The number of aliphatic hydroxyl groups is 1. The lowest BCUT2D eigenvalue weighted by Crippen LogP contribution is -2.48. The highest BCUT2D eigenvalue weighted by molar-refractivity contribution is 6.31. The van der Waals surface area contributed by atoms with Crippen LogP contribution in [-0.4, -0.2) is 37.8 Å². The number of benzene rings is 2. The molecule has 35 heavy (non-hydrogen) atoms. The molecular formula is C23H20ClF5N4O2. The molecule has 1 heterocycles. The Balaban J connectivity index is 1.77. The monoisotopic (exact) mass is 514 g/mol. The number of halogens is 6. The molecule has 0 aliphatic heterocycles. The first-order valence-electron chi connectivity index (χ1n) is 10.7. The number of hydrogen-bond acceptors (Lipinski definition) is 4. The summed E-state index contributed by atoms with van der Waals surface area (Å²) in [4.78, 5) is 14.2. The van der Waals surface area contributed by atoms with E-state index in [1.165, 1.54) is 24.5 Å². The topological polar surface area (TPSA) is 80.0 Å². The third-order valence-corrected chi connectivity index (χ3v) is 6.49. The molecule has 1 unspecified atom stereocenters. The van der Waals surface area contributed by atoms with Gasteiger partial charge in [0.25, 0.3) is 5.91 Å². The molecule has 1 aliphatic carbocycles. The minimum atomic E-state index is -4.69. The molecule has 1 atom stereocenters. The predicted octanol–water partition coefficient (Wildman–Crippen LogP) is 5.19. The van der Waals surface area contributed by atoms with Gasteiger partial charge in [-0.25, -0.2) is 8.78 Å². The highest BCUT2D eigenvalue weighted by Crippen LogP contribution is 2.42. The molecule has 2 aromatic carbocycles. The third kappa shape index (κ3) is 5.15. The van der Waals surface area contributed by atoms with Gasteiger partial charge in [0.05, 0.1) is 45.9 Å². The van der Waals surface area contributed by atoms with Crippen molar-refractivity contribution in [3.63, 3.8) is 0 Å². The standard InChI is InChI=1S/C23H20ClF5N4O2/c24-19-16(2-1-3-17(19)26)20(22(35)8-6-14(25)7-9-22)32-21(34)15-5-4-13(23(27,28)29)12-18(15)33-30-10-11-31-33/h1-5,10-12,14,20,35H,6-9H2,(H,32,34). The van der Waals surface area contributed by atoms with E-state index in [0.717, 1.165) is 29.1 Å². The van der Waals surface area contributed by atoms with Gasteiger partial charge in [0.2, 0.25) is 0 Å². The Morgan fingerprint density at radius 1 is 1.17 bits per heavy atom. The number of nitrogens with one attached hydrogen (secondary N) is 1. The fourth-order valence-corrected chi connectivity index (χ4v) is 4.47. The highest BCUT2D eigenvalue weighted by atomic mass is 35.5. The van der Waals surface area contributed by atoms with Crippen molar-refractivity contribution in [2.75, 3.05) is 0 Å². The summed E-state index contributed by atoms with van der Waals surface area (Å²) in [6.07, 6.45) is -3.43. The van der Waals surface area contributed by atoms with E-state index in [9.17, 15) is 31.9 Å². The van der Waals surface area contributed by atoms with Gasteiger partial charge in [0.1, 0.15) is 12.0 Å². The van der Waals surface area contributed by atoms with Crippen molar-refractivity contribution in [2.24, 2.45) is 0 Å². The Hall–Kier alpha value is -3.05. The Labute approximate surface area is 201 Å². The molecule has 1 fully saturated rings. The highest BCUT2D eigenvalue weighted by Gasteiger charge is 2.43. The molecule has 186 valence electrons. The van der Waals surface area contributed by atoms with Gasteiger partial charge >= 0.3 is 6.18 Å². The minimum absolute atomic E-state index is 0.0124. The fourth-order valence-electron chi connectivity index (χ4n) is 4.23. The average Bonchev–Trinajstić information content (AvgIpc) is 3.35. The Morgan fingerprint density at radius 3 is 2.46 bits per heavy atom. The molecule has 0 bridgehead atoms. The maximum Gasteiger partial charge on any atom is 0.416 e. The van der Waals surface area contributed by atoms with E-state index < -0.39 is 41.3 Å². The minimum Gasteiger partial charge on any atom is -0.387 e. The normalized spacial score (nSPS) is 21.5. The second kappa shape index (κ2) is 9.54. The molecule has 1 amide bonds. The first-order valence-corrected chi connectivity index (χ1v) is 11.1. The number of amides is 1. The van der Waals surface area contributed by atoms with Crippen molar-refractivity contribution in [1.29, 1.82) is 0 Å². The lowest BCUT2D eigenvalue weighted by atomic mass is 9.76. The van der Waals surface area contributed by atoms with Gasteiger partial charge < -0.3 is 10.4 Å². The Bertz CT molecular complexity index is 1210. The molecule has 4 rings (SSSR count). The number of carbonyl (C=O) groups is 1. The molecule has 1 aromatic heterocycles. The van der Waals surface area contributed by atoms with Crippen LogP contribution in [0.3, 0.4) is 0 Å². The van der Waals surface area contributed by atoms with Crippen molar-refractivity contribution in [3.05, 3.63) is 76.3 Å². The summed E-state index contributed by atoms with van der Waals surface area (Å²) in [5.74, 6) is -1.67. The van der Waals surface area contributed by atoms with Crippen molar-refractivity contribution in [1.82, 2.24) is 20.3 Å². The van der Waals surface area contributed by atoms with E-state index >= 15 is 0 Å². The van der Waals surface area contributed by atoms with Crippen LogP contribution in [0, 0.1) is 5.82 Å². The Kier molecular flexibility index (Phi) is 6.83. The summed E-state index contributed by atoms with van der Waals surface area (Å²) in [5, 5.41) is 21.3. The van der Waals surface area contributed by atoms with E-state index in [1.54, 1.807) is 0 Å². The third-order valence-electron chi connectivity index (χ3n) is 6.09. The zero-order chi connectivity index (χ0) is 25.4. The van der Waals surface area contributed by atoms with E-state index in [0.29, 0.717) is 0 Å². The van der Waals surface area contributed by atoms with Gasteiger partial charge in [-0.3, -0.25) is 4.79 Å². The number of nitrogens with zero attached hydrogens (tertiary/aromatic N) is 3. The maximum absolute atomic E-state index is 14.2. The van der Waals surface area contributed by atoms with Gasteiger partial charge in [-0.05, 0) is 55.5 Å². The summed E-state index contributed by atoms with van der Waals surface area (Å²) in [5.41, 5.74) is -3.12. The smallest absolute Gasteiger partial charge is 0.387 e. The predicted molar refractivity (Wildman–Crippen MR) is 116 cm³/mol. The van der Waals surface area contributed by atoms with Crippen LogP contribution in [0.2, 0.25) is 5.02 Å². The molecule has 3 aromatic rings. The second-order valence-electron chi connectivity index (χ2n) is 8.38. The molecule has 2 N–H and O–H groups in total. The lowest BCUT2D eigenvalue weighted by Gasteiger charge is -2.41. The summed E-state index contributed by atoms with van der Waals surface area (Å²) < 4.78 is 68.0. The molecule has 0 saturated heterocycles. The summed E-state index contributed by atoms with van der Waals surface area (Å²) >= 11 is 6.15. The average molecular weight is 515 g/mol. The lowest BCUT2D eigenvalue weighted by molar-refractivity contribution is -0.137. The molecule has 0 radical (unpaired) electrons. The van der Waals surface area contributed by atoms with Gasteiger partial charge in [-0.1, -0.05) is 23.7 Å². The molecule has 1 saturated carbocycles. The molecule has 0 spiro atoms. The summed E-state index contributed by atoms with van der Waals surface area (Å²) in [6, 6.07) is 5.01. The summed E-state index contributed by atoms with van der Waals surface area (Å²) in [6.45, 7) is 0. The second-order valence-corrected chi connectivity index (χ2v) is 8.75. The van der Waals surface area contributed by atoms with E-state index in [-0.39, 0.29) is 47.5 Å². The van der Waals surface area contributed by atoms with Crippen LogP contribution in [0.1, 0.15) is 53.2 Å². The van der Waals surface area contributed by atoms with Crippen molar-refractivity contribution >= 4 is 17.5 Å². The van der Waals surface area contributed by atoms with Crippen LogP contribution in [0.25, 0.3) is 5.69 Å². The fraction of sp³-hybridized carbons (Fsp3) is 0.348. The Morgan fingerprint density at radius 2 is 1.83 bits per heavy atom. The molecule has 6 nitrogen and oxygen atoms in total. The van der Waals surface area contributed by atoms with Crippen LogP contribution >= 0.6 is 11.6 Å². The van der Waals surface area contributed by atoms with Crippen LogP contribution in [0.15, 0.2) is 48.8 Å². The zero-order valence-electron chi connectivity index (χ0n) is 18.1. The molecule has 1 aliphatic rings. The van der Waals surface area contributed by atoms with Crippen LogP contribution < -0.4 is 5.32 Å². The number of aromatic nitrogens is 3. The SMILES string of the molecule is O=C(NC(c1cccc(F)c1Cl)C1(O)CCC(F)CC1)c1ccc(C(F)(F)F)cc1-n1nccn1. The van der Waals surface area contributed by atoms with Gasteiger partial charge in [0.15, 0.2) is 0 Å². The van der Waals surface area contributed by atoms with Crippen molar-refractivity contribution in [3.8, 4) is 5.69 Å². The molecule has 12 heteroatoms. The number of rotatable bonds is 5. The van der Waals surface area contributed by atoms with E-state index in [2.05, 4.69) is 15.5 Å². The number of carbonyl (C=O) groups excluding carboxylic acids is 1. The van der Waals surface area contributed by atoms with E-state index in [4.69, 9.17) is 11.6 Å².